The Labute approximate surface area is 154 Å². The van der Waals surface area contributed by atoms with Crippen LogP contribution in [0.5, 0.6) is 5.88 Å². The quantitative estimate of drug-likeness (QED) is 0.770. The third kappa shape index (κ3) is 5.15. The number of rotatable bonds is 5. The molecule has 7 nitrogen and oxygen atoms in total. The zero-order valence-corrected chi connectivity index (χ0v) is 15.8. The van der Waals surface area contributed by atoms with Crippen LogP contribution in [0.25, 0.3) is 0 Å². The number of aromatic nitrogens is 2. The molecule has 25 heavy (non-hydrogen) atoms. The molecule has 0 spiro atoms. The molecule has 0 saturated carbocycles. The molecule has 1 aromatic rings. The highest BCUT2D eigenvalue weighted by Gasteiger charge is 2.19. The van der Waals surface area contributed by atoms with Crippen LogP contribution in [0.1, 0.15) is 32.6 Å². The first-order chi connectivity index (χ1) is 12.1. The molecule has 1 aromatic heterocycles. The van der Waals surface area contributed by atoms with Gasteiger partial charge >= 0.3 is 0 Å². The normalized spacial score (nSPS) is 21.2. The summed E-state index contributed by atoms with van der Waals surface area (Å²) in [5, 5.41) is 6.74. The fourth-order valence-corrected chi connectivity index (χ4v) is 3.31. The molecule has 2 N–H and O–H groups in total. The van der Waals surface area contributed by atoms with Gasteiger partial charge in [-0.05, 0) is 43.8 Å². The number of piperidine rings is 1. The summed E-state index contributed by atoms with van der Waals surface area (Å²) in [7, 11) is 1.61. The Bertz CT molecular complexity index is 586. The van der Waals surface area contributed by atoms with Crippen LogP contribution < -0.4 is 20.3 Å². The first kappa shape index (κ1) is 18.1. The van der Waals surface area contributed by atoms with E-state index >= 15 is 0 Å². The minimum absolute atomic E-state index is 0.233. The van der Waals surface area contributed by atoms with Crippen LogP contribution in [0.15, 0.2) is 6.07 Å². The number of anilines is 2. The Morgan fingerprint density at radius 2 is 2.16 bits per heavy atom. The second-order valence-electron chi connectivity index (χ2n) is 6.73. The van der Waals surface area contributed by atoms with Gasteiger partial charge in [-0.2, -0.15) is 9.97 Å². The summed E-state index contributed by atoms with van der Waals surface area (Å²) in [5.74, 6) is 2.64. The zero-order valence-electron chi connectivity index (χ0n) is 15.0. The molecule has 0 aliphatic carbocycles. The van der Waals surface area contributed by atoms with Gasteiger partial charge in [0.1, 0.15) is 5.82 Å². The molecule has 138 valence electrons. The number of thiocarbonyl (C=S) groups is 1. The van der Waals surface area contributed by atoms with E-state index in [-0.39, 0.29) is 6.10 Å². The van der Waals surface area contributed by atoms with Crippen LogP contribution in [0.3, 0.4) is 0 Å². The van der Waals surface area contributed by atoms with E-state index in [1.54, 1.807) is 7.11 Å². The summed E-state index contributed by atoms with van der Waals surface area (Å²) >= 11 is 5.35. The van der Waals surface area contributed by atoms with Crippen molar-refractivity contribution in [3.63, 3.8) is 0 Å². The highest BCUT2D eigenvalue weighted by molar-refractivity contribution is 7.80. The maximum absolute atomic E-state index is 5.59. The molecular formula is C17H27N5O2S. The van der Waals surface area contributed by atoms with E-state index in [4.69, 9.17) is 21.7 Å². The standard InChI is InChI=1S/C17H27N5O2S/c1-12-5-7-22(8-6-12)14-10-15(23-2)20-16(19-14)21-17(25)18-11-13-4-3-9-24-13/h10,12-13H,3-9,11H2,1-2H3,(H2,18,19,20,21,25)/t13-/m0/s1. The van der Waals surface area contributed by atoms with Gasteiger partial charge in [0.25, 0.3) is 0 Å². The number of nitrogens with one attached hydrogen (secondary N) is 2. The lowest BCUT2D eigenvalue weighted by Gasteiger charge is -2.31. The van der Waals surface area contributed by atoms with Crippen molar-refractivity contribution < 1.29 is 9.47 Å². The first-order valence-electron chi connectivity index (χ1n) is 8.98. The lowest BCUT2D eigenvalue weighted by atomic mass is 9.99. The van der Waals surface area contributed by atoms with Gasteiger partial charge in [0, 0.05) is 32.3 Å². The van der Waals surface area contributed by atoms with E-state index in [1.165, 1.54) is 12.8 Å². The van der Waals surface area contributed by atoms with Gasteiger partial charge in [-0.1, -0.05) is 6.92 Å². The van der Waals surface area contributed by atoms with Gasteiger partial charge in [0.05, 0.1) is 13.2 Å². The topological polar surface area (TPSA) is 71.5 Å². The summed E-state index contributed by atoms with van der Waals surface area (Å²) < 4.78 is 10.9. The smallest absolute Gasteiger partial charge is 0.234 e. The van der Waals surface area contributed by atoms with Crippen molar-refractivity contribution in [3.05, 3.63) is 6.07 Å². The monoisotopic (exact) mass is 365 g/mol. The van der Waals surface area contributed by atoms with E-state index in [0.29, 0.717) is 23.5 Å². The molecule has 2 saturated heterocycles. The first-order valence-corrected chi connectivity index (χ1v) is 9.39. The van der Waals surface area contributed by atoms with E-state index in [0.717, 1.165) is 44.3 Å². The lowest BCUT2D eigenvalue weighted by molar-refractivity contribution is 0.114. The third-order valence-electron chi connectivity index (χ3n) is 4.75. The number of ether oxygens (including phenoxy) is 2. The second-order valence-corrected chi connectivity index (χ2v) is 7.14. The maximum atomic E-state index is 5.59. The van der Waals surface area contributed by atoms with E-state index in [2.05, 4.69) is 32.4 Å². The van der Waals surface area contributed by atoms with Gasteiger partial charge in [0.2, 0.25) is 11.8 Å². The fourth-order valence-electron chi connectivity index (χ4n) is 3.13. The number of hydrogen-bond acceptors (Lipinski definition) is 6. The molecule has 8 heteroatoms. The Balaban J connectivity index is 1.61. The number of nitrogens with zero attached hydrogens (tertiary/aromatic N) is 3. The van der Waals surface area contributed by atoms with Crippen molar-refractivity contribution >= 4 is 29.1 Å². The minimum Gasteiger partial charge on any atom is -0.481 e. The molecule has 3 rings (SSSR count). The molecule has 3 heterocycles. The average Bonchev–Trinajstić information content (AvgIpc) is 3.14. The van der Waals surface area contributed by atoms with Crippen LogP contribution in [0, 0.1) is 5.92 Å². The SMILES string of the molecule is COc1cc(N2CCC(C)CC2)nc(NC(=S)NC[C@@H]2CCCO2)n1. The zero-order chi connectivity index (χ0) is 17.6. The van der Waals surface area contributed by atoms with Crippen LogP contribution in [-0.4, -0.2) is 54.5 Å². The fraction of sp³-hybridized carbons (Fsp3) is 0.706. The van der Waals surface area contributed by atoms with Crippen molar-refractivity contribution in [2.24, 2.45) is 5.92 Å². The largest absolute Gasteiger partial charge is 0.481 e. The lowest BCUT2D eigenvalue weighted by Crippen LogP contribution is -2.36. The minimum atomic E-state index is 0.233. The van der Waals surface area contributed by atoms with Crippen LogP contribution in [0.4, 0.5) is 11.8 Å². The Hall–Kier alpha value is -1.67. The van der Waals surface area contributed by atoms with Crippen molar-refractivity contribution in [2.45, 2.75) is 38.7 Å². The molecule has 2 aliphatic rings. The molecule has 0 unspecified atom stereocenters. The van der Waals surface area contributed by atoms with E-state index in [1.807, 2.05) is 6.07 Å². The number of hydrogen-bond donors (Lipinski definition) is 2. The van der Waals surface area contributed by atoms with Gasteiger partial charge in [-0.15, -0.1) is 0 Å². The van der Waals surface area contributed by atoms with Crippen molar-refractivity contribution in [3.8, 4) is 5.88 Å². The van der Waals surface area contributed by atoms with Crippen LogP contribution in [-0.2, 0) is 4.74 Å². The van der Waals surface area contributed by atoms with Crippen LogP contribution in [0.2, 0.25) is 0 Å². The summed E-state index contributed by atoms with van der Waals surface area (Å²) in [6.07, 6.45) is 4.77. The average molecular weight is 366 g/mol. The Morgan fingerprint density at radius 1 is 1.36 bits per heavy atom. The summed E-state index contributed by atoms with van der Waals surface area (Å²) in [6, 6.07) is 1.88. The third-order valence-corrected chi connectivity index (χ3v) is 4.99. The number of methoxy groups -OCH3 is 1. The Morgan fingerprint density at radius 3 is 2.84 bits per heavy atom. The highest BCUT2D eigenvalue weighted by atomic mass is 32.1. The summed E-state index contributed by atoms with van der Waals surface area (Å²) in [6.45, 7) is 5.84. The predicted molar refractivity (Wildman–Crippen MR) is 102 cm³/mol. The van der Waals surface area contributed by atoms with Gasteiger partial charge in [-0.25, -0.2) is 0 Å². The van der Waals surface area contributed by atoms with Gasteiger partial charge in [-0.3, -0.25) is 0 Å². The van der Waals surface area contributed by atoms with Crippen LogP contribution >= 0.6 is 12.2 Å². The Kier molecular flexibility index (Phi) is 6.25. The molecule has 1 atom stereocenters. The second kappa shape index (κ2) is 8.62. The molecule has 2 fully saturated rings. The summed E-state index contributed by atoms with van der Waals surface area (Å²) in [5.41, 5.74) is 0. The highest BCUT2D eigenvalue weighted by Crippen LogP contribution is 2.25. The molecule has 0 bridgehead atoms. The molecular weight excluding hydrogens is 338 g/mol. The molecule has 0 aromatic carbocycles. The van der Waals surface area contributed by atoms with Crippen molar-refractivity contribution in [2.75, 3.05) is 43.6 Å². The van der Waals surface area contributed by atoms with Crippen molar-refractivity contribution in [1.82, 2.24) is 15.3 Å². The van der Waals surface area contributed by atoms with E-state index in [9.17, 15) is 0 Å². The molecule has 0 radical (unpaired) electrons. The van der Waals surface area contributed by atoms with Gasteiger partial charge in [0.15, 0.2) is 5.11 Å². The molecule has 2 aliphatic heterocycles. The predicted octanol–water partition coefficient (Wildman–Crippen LogP) is 2.19. The molecule has 0 amide bonds. The summed E-state index contributed by atoms with van der Waals surface area (Å²) in [4.78, 5) is 11.2. The van der Waals surface area contributed by atoms with E-state index < -0.39 is 0 Å². The van der Waals surface area contributed by atoms with Crippen molar-refractivity contribution in [1.29, 1.82) is 0 Å². The maximum Gasteiger partial charge on any atom is 0.234 e. The van der Waals surface area contributed by atoms with Gasteiger partial charge < -0.3 is 25.0 Å².